The molecule has 1 amide bonds. The number of nitrogens with zero attached hydrogens (tertiary/aromatic N) is 1. The summed E-state index contributed by atoms with van der Waals surface area (Å²) in [6.45, 7) is 0.391. The zero-order valence-corrected chi connectivity index (χ0v) is 15.3. The van der Waals surface area contributed by atoms with Crippen LogP contribution in [0, 0.1) is 5.92 Å². The van der Waals surface area contributed by atoms with Gasteiger partial charge in [-0.25, -0.2) is 0 Å². The second-order valence-electron chi connectivity index (χ2n) is 6.40. The van der Waals surface area contributed by atoms with Gasteiger partial charge in [0, 0.05) is 17.4 Å². The molecule has 2 aliphatic rings. The lowest BCUT2D eigenvalue weighted by Crippen LogP contribution is -2.45. The van der Waals surface area contributed by atoms with E-state index in [1.54, 1.807) is 11.8 Å². The van der Waals surface area contributed by atoms with Gasteiger partial charge in [0.05, 0.1) is 16.4 Å². The lowest BCUT2D eigenvalue weighted by Gasteiger charge is -2.32. The zero-order valence-electron chi connectivity index (χ0n) is 13.7. The molecule has 1 aliphatic heterocycles. The molecule has 1 heterocycles. The van der Waals surface area contributed by atoms with Gasteiger partial charge in [-0.05, 0) is 36.6 Å². The summed E-state index contributed by atoms with van der Waals surface area (Å²) in [5.41, 5.74) is 8.63. The molecule has 2 aromatic rings. The van der Waals surface area contributed by atoms with Crippen LogP contribution in [0.5, 0.6) is 0 Å². The fourth-order valence-electron chi connectivity index (χ4n) is 3.29. The van der Waals surface area contributed by atoms with Crippen LogP contribution in [0.1, 0.15) is 24.8 Å². The number of rotatable bonds is 4. The van der Waals surface area contributed by atoms with Crippen molar-refractivity contribution in [3.05, 3.63) is 53.1 Å². The van der Waals surface area contributed by atoms with E-state index in [9.17, 15) is 4.79 Å². The highest BCUT2D eigenvalue weighted by molar-refractivity contribution is 8.00. The minimum atomic E-state index is -0.212. The van der Waals surface area contributed by atoms with Crippen molar-refractivity contribution in [3.63, 3.8) is 0 Å². The molecule has 130 valence electrons. The number of carbonyl (C=O) groups is 1. The maximum Gasteiger partial charge on any atom is 0.225 e. The van der Waals surface area contributed by atoms with E-state index in [1.165, 1.54) is 0 Å². The number of thioether (sulfide) groups is 1. The van der Waals surface area contributed by atoms with Gasteiger partial charge in [-0.15, -0.1) is 0 Å². The van der Waals surface area contributed by atoms with Crippen molar-refractivity contribution in [2.45, 2.75) is 36.2 Å². The summed E-state index contributed by atoms with van der Waals surface area (Å²) in [7, 11) is 0. The molecular formula is C19H20ClN3OS. The van der Waals surface area contributed by atoms with E-state index in [-0.39, 0.29) is 17.3 Å². The summed E-state index contributed by atoms with van der Waals surface area (Å²) in [5.74, 6) is 0.272. The Kier molecular flexibility index (Phi) is 4.63. The van der Waals surface area contributed by atoms with Crippen LogP contribution in [0.15, 0.2) is 47.4 Å². The monoisotopic (exact) mass is 373 g/mol. The van der Waals surface area contributed by atoms with Crippen LogP contribution < -0.4 is 16.0 Å². The first-order valence-corrected chi connectivity index (χ1v) is 9.77. The van der Waals surface area contributed by atoms with Gasteiger partial charge in [0.2, 0.25) is 5.91 Å². The number of anilines is 2. The quantitative estimate of drug-likeness (QED) is 0.841. The smallest absolute Gasteiger partial charge is 0.225 e. The van der Waals surface area contributed by atoms with Crippen LogP contribution in [0.25, 0.3) is 0 Å². The summed E-state index contributed by atoms with van der Waals surface area (Å²) in [6.07, 6.45) is 3.11. The summed E-state index contributed by atoms with van der Waals surface area (Å²) in [4.78, 5) is 15.8. The number of hydrogen-bond donors (Lipinski definition) is 2. The Hall–Kier alpha value is -1.69. The van der Waals surface area contributed by atoms with Crippen LogP contribution in [0.2, 0.25) is 5.02 Å². The molecular weight excluding hydrogens is 354 g/mol. The highest BCUT2D eigenvalue weighted by Gasteiger charge is 2.36. The van der Waals surface area contributed by atoms with Gasteiger partial charge in [-0.3, -0.25) is 4.79 Å². The average Bonchev–Trinajstić information content (AvgIpc) is 2.90. The van der Waals surface area contributed by atoms with Crippen molar-refractivity contribution in [3.8, 4) is 0 Å². The Bertz CT molecular complexity index is 809. The van der Waals surface area contributed by atoms with E-state index < -0.39 is 0 Å². The van der Waals surface area contributed by atoms with E-state index in [0.29, 0.717) is 11.6 Å². The second-order valence-corrected chi connectivity index (χ2v) is 7.93. The van der Waals surface area contributed by atoms with Gasteiger partial charge in [0.15, 0.2) is 5.50 Å². The van der Waals surface area contributed by atoms with E-state index >= 15 is 0 Å². The van der Waals surface area contributed by atoms with E-state index in [0.717, 1.165) is 41.1 Å². The highest BCUT2D eigenvalue weighted by Crippen LogP contribution is 2.49. The Morgan fingerprint density at radius 2 is 2.04 bits per heavy atom. The van der Waals surface area contributed by atoms with E-state index in [4.69, 9.17) is 17.3 Å². The van der Waals surface area contributed by atoms with Gasteiger partial charge in [-0.2, -0.15) is 0 Å². The van der Waals surface area contributed by atoms with Crippen LogP contribution in [0.3, 0.4) is 0 Å². The number of para-hydroxylation sites is 2. The molecule has 0 aromatic heterocycles. The number of amides is 1. The SMILES string of the molecule is NCc1cccc(Cl)c1N1c2ccccc2SC1NC(=O)C1CCC1. The van der Waals surface area contributed by atoms with E-state index in [2.05, 4.69) is 22.3 Å². The van der Waals surface area contributed by atoms with Gasteiger partial charge in [0.25, 0.3) is 0 Å². The van der Waals surface area contributed by atoms with Crippen molar-refractivity contribution >= 4 is 40.6 Å². The molecule has 0 saturated heterocycles. The average molecular weight is 374 g/mol. The van der Waals surface area contributed by atoms with Crippen LogP contribution in [0.4, 0.5) is 11.4 Å². The first-order chi connectivity index (χ1) is 12.2. The van der Waals surface area contributed by atoms with Crippen molar-refractivity contribution in [1.29, 1.82) is 0 Å². The highest BCUT2D eigenvalue weighted by atomic mass is 35.5. The van der Waals surface area contributed by atoms with E-state index in [1.807, 2.05) is 30.3 Å². The zero-order chi connectivity index (χ0) is 17.4. The molecule has 1 aliphatic carbocycles. The standard InChI is InChI=1S/C19H20ClN3OS/c20-14-8-4-7-13(11-21)17(14)23-15-9-1-2-10-16(15)25-19(23)22-18(24)12-5-3-6-12/h1-2,4,7-10,12,19H,3,5-6,11,21H2,(H,22,24). The predicted molar refractivity (Wildman–Crippen MR) is 103 cm³/mol. The summed E-state index contributed by atoms with van der Waals surface area (Å²) in [6, 6.07) is 13.9. The Morgan fingerprint density at radius 3 is 2.76 bits per heavy atom. The Balaban J connectivity index is 1.74. The molecule has 1 unspecified atom stereocenters. The van der Waals surface area contributed by atoms with Gasteiger partial charge < -0.3 is 16.0 Å². The van der Waals surface area contributed by atoms with Crippen LogP contribution in [-0.4, -0.2) is 11.4 Å². The lowest BCUT2D eigenvalue weighted by molar-refractivity contribution is -0.127. The molecule has 1 saturated carbocycles. The number of carbonyl (C=O) groups excluding carboxylic acids is 1. The fraction of sp³-hybridized carbons (Fsp3) is 0.316. The molecule has 1 fully saturated rings. The number of hydrogen-bond acceptors (Lipinski definition) is 4. The minimum Gasteiger partial charge on any atom is -0.326 e. The second kappa shape index (κ2) is 6.90. The fourth-order valence-corrected chi connectivity index (χ4v) is 4.76. The molecule has 3 N–H and O–H groups in total. The molecule has 6 heteroatoms. The number of halogens is 1. The number of nitrogens with one attached hydrogen (secondary N) is 1. The number of benzene rings is 2. The number of fused-ring (bicyclic) bond motifs is 1. The third-order valence-corrected chi connectivity index (χ3v) is 6.33. The van der Waals surface area contributed by atoms with Gasteiger partial charge >= 0.3 is 0 Å². The van der Waals surface area contributed by atoms with Gasteiger partial charge in [0.1, 0.15) is 0 Å². The summed E-state index contributed by atoms with van der Waals surface area (Å²) in [5, 5.41) is 3.85. The van der Waals surface area contributed by atoms with Crippen molar-refractivity contribution in [2.24, 2.45) is 11.7 Å². The van der Waals surface area contributed by atoms with Crippen molar-refractivity contribution in [2.75, 3.05) is 4.90 Å². The number of nitrogens with two attached hydrogens (primary N) is 1. The molecule has 4 rings (SSSR count). The lowest BCUT2D eigenvalue weighted by atomic mass is 9.85. The molecule has 2 aromatic carbocycles. The maximum absolute atomic E-state index is 12.5. The van der Waals surface area contributed by atoms with Crippen molar-refractivity contribution < 1.29 is 4.79 Å². The topological polar surface area (TPSA) is 58.4 Å². The summed E-state index contributed by atoms with van der Waals surface area (Å²) < 4.78 is 0. The molecule has 1 atom stereocenters. The minimum absolute atomic E-state index is 0.128. The largest absolute Gasteiger partial charge is 0.326 e. The third kappa shape index (κ3) is 3.01. The third-order valence-electron chi connectivity index (χ3n) is 4.87. The first-order valence-electron chi connectivity index (χ1n) is 8.52. The van der Waals surface area contributed by atoms with Crippen LogP contribution in [-0.2, 0) is 11.3 Å². The van der Waals surface area contributed by atoms with Crippen LogP contribution >= 0.6 is 23.4 Å². The Labute approximate surface area is 156 Å². The normalized spacial score (nSPS) is 19.4. The molecule has 0 spiro atoms. The summed E-state index contributed by atoms with van der Waals surface area (Å²) >= 11 is 8.18. The maximum atomic E-state index is 12.5. The molecule has 4 nitrogen and oxygen atoms in total. The first kappa shape index (κ1) is 16.8. The molecule has 0 bridgehead atoms. The molecule has 0 radical (unpaired) electrons. The van der Waals surface area contributed by atoms with Gasteiger partial charge in [-0.1, -0.05) is 54.0 Å². The Morgan fingerprint density at radius 1 is 1.24 bits per heavy atom. The molecule has 25 heavy (non-hydrogen) atoms. The van der Waals surface area contributed by atoms with Crippen molar-refractivity contribution in [1.82, 2.24) is 5.32 Å². The predicted octanol–water partition coefficient (Wildman–Crippen LogP) is 4.24.